The molecule has 3 nitrogen and oxygen atoms in total. The van der Waals surface area contributed by atoms with Crippen molar-refractivity contribution >= 4 is 15.9 Å². The van der Waals surface area contributed by atoms with E-state index in [0.29, 0.717) is 12.3 Å². The fourth-order valence-electron chi connectivity index (χ4n) is 1.35. The first-order valence-electron chi connectivity index (χ1n) is 4.63. The molecule has 4 heteroatoms. The highest BCUT2D eigenvalue weighted by Gasteiger charge is 2.06. The molecule has 0 bridgehead atoms. The summed E-state index contributed by atoms with van der Waals surface area (Å²) in [6.45, 7) is 2.42. The van der Waals surface area contributed by atoms with Crippen molar-refractivity contribution in [3.8, 4) is 11.3 Å². The van der Waals surface area contributed by atoms with Crippen LogP contribution in [0.5, 0.6) is 0 Å². The predicted octanol–water partition coefficient (Wildman–Crippen LogP) is 2.87. The lowest BCUT2D eigenvalue weighted by atomic mass is 10.1. The number of hydrogen-bond acceptors (Lipinski definition) is 3. The van der Waals surface area contributed by atoms with E-state index in [1.54, 1.807) is 0 Å². The molecule has 0 amide bonds. The lowest BCUT2D eigenvalue weighted by molar-refractivity contribution is 0.387. The molecule has 2 aromatic rings. The average Bonchev–Trinajstić information content (AvgIpc) is 2.70. The van der Waals surface area contributed by atoms with Gasteiger partial charge in [0.1, 0.15) is 5.69 Å². The van der Waals surface area contributed by atoms with Gasteiger partial charge in [-0.3, -0.25) is 0 Å². The van der Waals surface area contributed by atoms with Crippen molar-refractivity contribution in [1.82, 2.24) is 5.16 Å². The van der Waals surface area contributed by atoms with Crippen LogP contribution in [0.1, 0.15) is 11.3 Å². The van der Waals surface area contributed by atoms with Crippen molar-refractivity contribution in [2.24, 2.45) is 5.73 Å². The van der Waals surface area contributed by atoms with Crippen LogP contribution < -0.4 is 5.73 Å². The summed E-state index contributed by atoms with van der Waals surface area (Å²) < 4.78 is 6.14. The van der Waals surface area contributed by atoms with E-state index in [-0.39, 0.29) is 0 Å². The molecule has 0 aliphatic heterocycles. The zero-order valence-electron chi connectivity index (χ0n) is 8.33. The molecule has 1 heterocycles. The lowest BCUT2D eigenvalue weighted by Gasteiger charge is -1.99. The fourth-order valence-corrected chi connectivity index (χ4v) is 1.60. The Hall–Kier alpha value is -1.13. The normalized spacial score (nSPS) is 10.6. The molecule has 2 rings (SSSR count). The van der Waals surface area contributed by atoms with E-state index in [9.17, 15) is 0 Å². The fraction of sp³-hybridized carbons (Fsp3) is 0.182. The summed E-state index contributed by atoms with van der Waals surface area (Å²) in [5, 5.41) is 3.96. The third-order valence-corrected chi connectivity index (χ3v) is 3.10. The van der Waals surface area contributed by atoms with Gasteiger partial charge in [-0.25, -0.2) is 0 Å². The van der Waals surface area contributed by atoms with Crippen LogP contribution in [0, 0.1) is 6.92 Å². The topological polar surface area (TPSA) is 52.0 Å². The Kier molecular flexibility index (Phi) is 2.88. The van der Waals surface area contributed by atoms with Crippen molar-refractivity contribution in [2.75, 3.05) is 0 Å². The summed E-state index contributed by atoms with van der Waals surface area (Å²) in [5.41, 5.74) is 8.49. The van der Waals surface area contributed by atoms with Gasteiger partial charge in [-0.15, -0.1) is 0 Å². The summed E-state index contributed by atoms with van der Waals surface area (Å²) >= 11 is 3.46. The van der Waals surface area contributed by atoms with Crippen molar-refractivity contribution in [3.63, 3.8) is 0 Å². The second-order valence-corrected chi connectivity index (χ2v) is 4.20. The predicted molar refractivity (Wildman–Crippen MR) is 62.3 cm³/mol. The Morgan fingerprint density at radius 1 is 1.40 bits per heavy atom. The number of aromatic nitrogens is 1. The minimum Gasteiger partial charge on any atom is -0.359 e. The zero-order valence-corrected chi connectivity index (χ0v) is 9.91. The van der Waals surface area contributed by atoms with Crippen LogP contribution in [0.15, 0.2) is 33.3 Å². The lowest BCUT2D eigenvalue weighted by Crippen LogP contribution is -1.92. The second-order valence-electron chi connectivity index (χ2n) is 3.35. The number of rotatable bonds is 2. The standard InChI is InChI=1S/C11H11BrN2O/c1-7-4-8(2-3-10(7)12)11-5-9(6-13)15-14-11/h2-5H,6,13H2,1H3. The maximum atomic E-state index is 5.45. The number of nitrogens with two attached hydrogens (primary N) is 1. The molecule has 0 aliphatic rings. The van der Waals surface area contributed by atoms with E-state index >= 15 is 0 Å². The molecule has 0 atom stereocenters. The number of hydrogen-bond donors (Lipinski definition) is 1. The van der Waals surface area contributed by atoms with Crippen LogP contribution in [0.3, 0.4) is 0 Å². The van der Waals surface area contributed by atoms with E-state index in [1.807, 2.05) is 25.1 Å². The van der Waals surface area contributed by atoms with Gasteiger partial charge in [-0.1, -0.05) is 27.2 Å². The Morgan fingerprint density at radius 3 is 2.80 bits per heavy atom. The van der Waals surface area contributed by atoms with Gasteiger partial charge >= 0.3 is 0 Å². The van der Waals surface area contributed by atoms with Crippen LogP contribution in [0.2, 0.25) is 0 Å². The number of halogens is 1. The third-order valence-electron chi connectivity index (χ3n) is 2.21. The van der Waals surface area contributed by atoms with E-state index in [4.69, 9.17) is 10.3 Å². The molecule has 0 aliphatic carbocycles. The number of nitrogens with zero attached hydrogens (tertiary/aromatic N) is 1. The van der Waals surface area contributed by atoms with Crippen LogP contribution >= 0.6 is 15.9 Å². The summed E-state index contributed by atoms with van der Waals surface area (Å²) in [6, 6.07) is 7.92. The zero-order chi connectivity index (χ0) is 10.8. The molecule has 0 unspecified atom stereocenters. The first-order chi connectivity index (χ1) is 7.20. The third kappa shape index (κ3) is 2.11. The molecule has 1 aromatic carbocycles. The van der Waals surface area contributed by atoms with Crippen LogP contribution in [0.25, 0.3) is 11.3 Å². The largest absolute Gasteiger partial charge is 0.359 e. The summed E-state index contributed by atoms with van der Waals surface area (Å²) in [4.78, 5) is 0. The van der Waals surface area contributed by atoms with Gasteiger partial charge in [-0.2, -0.15) is 0 Å². The second kappa shape index (κ2) is 4.16. The highest BCUT2D eigenvalue weighted by Crippen LogP contribution is 2.24. The van der Waals surface area contributed by atoms with Gasteiger partial charge in [0.2, 0.25) is 0 Å². The van der Waals surface area contributed by atoms with Crippen molar-refractivity contribution in [1.29, 1.82) is 0 Å². The van der Waals surface area contributed by atoms with Crippen LogP contribution in [-0.4, -0.2) is 5.16 Å². The van der Waals surface area contributed by atoms with Gasteiger partial charge in [0, 0.05) is 16.1 Å². The smallest absolute Gasteiger partial charge is 0.150 e. The van der Waals surface area contributed by atoms with Gasteiger partial charge in [0.05, 0.1) is 6.54 Å². The molecule has 15 heavy (non-hydrogen) atoms. The molecule has 0 saturated heterocycles. The summed E-state index contributed by atoms with van der Waals surface area (Å²) in [6.07, 6.45) is 0. The van der Waals surface area contributed by atoms with E-state index < -0.39 is 0 Å². The molecule has 1 aromatic heterocycles. The maximum Gasteiger partial charge on any atom is 0.150 e. The Labute approximate surface area is 96.4 Å². The van der Waals surface area contributed by atoms with Crippen LogP contribution in [0.4, 0.5) is 0 Å². The monoisotopic (exact) mass is 266 g/mol. The molecule has 0 spiro atoms. The van der Waals surface area contributed by atoms with E-state index in [2.05, 4.69) is 27.2 Å². The quantitative estimate of drug-likeness (QED) is 0.910. The van der Waals surface area contributed by atoms with E-state index in [1.165, 1.54) is 5.56 Å². The highest BCUT2D eigenvalue weighted by molar-refractivity contribution is 9.10. The maximum absolute atomic E-state index is 5.45. The molecule has 78 valence electrons. The molecule has 2 N–H and O–H groups in total. The van der Waals surface area contributed by atoms with Crippen molar-refractivity contribution in [2.45, 2.75) is 13.5 Å². The molecule has 0 saturated carbocycles. The first-order valence-corrected chi connectivity index (χ1v) is 5.42. The Morgan fingerprint density at radius 2 is 2.20 bits per heavy atom. The van der Waals surface area contributed by atoms with Gasteiger partial charge in [0.15, 0.2) is 5.76 Å². The summed E-state index contributed by atoms with van der Waals surface area (Å²) in [5.74, 6) is 0.700. The summed E-state index contributed by atoms with van der Waals surface area (Å²) in [7, 11) is 0. The highest BCUT2D eigenvalue weighted by atomic mass is 79.9. The first kappa shape index (κ1) is 10.4. The van der Waals surface area contributed by atoms with Crippen molar-refractivity contribution in [3.05, 3.63) is 40.1 Å². The number of benzene rings is 1. The van der Waals surface area contributed by atoms with Gasteiger partial charge < -0.3 is 10.3 Å². The molecule has 0 fully saturated rings. The number of aryl methyl sites for hydroxylation is 1. The molecular weight excluding hydrogens is 256 g/mol. The van der Waals surface area contributed by atoms with E-state index in [0.717, 1.165) is 15.7 Å². The average molecular weight is 267 g/mol. The minimum absolute atomic E-state index is 0.377. The van der Waals surface area contributed by atoms with Gasteiger partial charge in [-0.05, 0) is 24.6 Å². The van der Waals surface area contributed by atoms with Crippen LogP contribution in [-0.2, 0) is 6.54 Å². The van der Waals surface area contributed by atoms with Gasteiger partial charge in [0.25, 0.3) is 0 Å². The molecule has 0 radical (unpaired) electrons. The van der Waals surface area contributed by atoms with Crippen molar-refractivity contribution < 1.29 is 4.52 Å². The Balaban J connectivity index is 2.40. The minimum atomic E-state index is 0.377. The SMILES string of the molecule is Cc1cc(-c2cc(CN)on2)ccc1Br. The Bertz CT molecular complexity index is 479. The molecular formula is C11H11BrN2O.